The fourth-order valence-electron chi connectivity index (χ4n) is 2.75. The van der Waals surface area contributed by atoms with E-state index < -0.39 is 6.04 Å². The van der Waals surface area contributed by atoms with Gasteiger partial charge in [0.1, 0.15) is 6.04 Å². The van der Waals surface area contributed by atoms with E-state index in [1.54, 1.807) is 30.3 Å². The van der Waals surface area contributed by atoms with E-state index in [0.717, 1.165) is 0 Å². The Kier molecular flexibility index (Phi) is 5.30. The van der Waals surface area contributed by atoms with Crippen molar-refractivity contribution in [1.29, 1.82) is 0 Å². The maximum atomic E-state index is 12.3. The van der Waals surface area contributed by atoms with E-state index in [1.807, 2.05) is 12.1 Å². The number of hydrogen-bond donors (Lipinski definition) is 3. The lowest BCUT2D eigenvalue weighted by Gasteiger charge is -2.07. The summed E-state index contributed by atoms with van der Waals surface area (Å²) in [4.78, 5) is 28.5. The molecule has 2 amide bonds. The molecule has 2 aromatic rings. The molecule has 0 spiro atoms. The fraction of sp³-hybridized carbons (Fsp3) is 0.158. The zero-order valence-electron chi connectivity index (χ0n) is 15.0. The molecule has 0 aromatic heterocycles. The standard InChI is InChI=1S/C19H16ClN5O4/c20-13-4-2-1-3-11(13)9-21-25-19-23-14(18(27)24-19)8-17(26)22-12-5-6-15-16(7-12)29-10-28-15/h1-7,9,14H,8,10H2,(H,22,26)(H2,23,24,25,27)/b21-9-/t14-/m1/s1. The number of amides is 2. The Morgan fingerprint density at radius 2 is 2.10 bits per heavy atom. The lowest BCUT2D eigenvalue weighted by atomic mass is 10.2. The van der Waals surface area contributed by atoms with Crippen molar-refractivity contribution in [2.45, 2.75) is 12.5 Å². The van der Waals surface area contributed by atoms with Crippen LogP contribution >= 0.6 is 11.6 Å². The Hall–Kier alpha value is -3.59. The smallest absolute Gasteiger partial charge is 0.252 e. The second kappa shape index (κ2) is 8.19. The van der Waals surface area contributed by atoms with Gasteiger partial charge in [0.15, 0.2) is 11.5 Å². The largest absolute Gasteiger partial charge is 0.454 e. The molecule has 0 unspecified atom stereocenters. The molecule has 0 aliphatic carbocycles. The number of carbonyl (C=O) groups is 2. The van der Waals surface area contributed by atoms with Crippen LogP contribution in [0.1, 0.15) is 12.0 Å². The second-order valence-corrected chi connectivity index (χ2v) is 6.60. The molecule has 2 heterocycles. The molecule has 9 nitrogen and oxygen atoms in total. The number of nitrogens with one attached hydrogen (secondary N) is 3. The molecule has 0 bridgehead atoms. The molecule has 0 fully saturated rings. The maximum absolute atomic E-state index is 12.3. The summed E-state index contributed by atoms with van der Waals surface area (Å²) in [5.74, 6) is 0.604. The lowest BCUT2D eigenvalue weighted by Crippen LogP contribution is -2.35. The number of guanidine groups is 1. The van der Waals surface area contributed by atoms with Crippen LogP contribution in [0.15, 0.2) is 52.6 Å². The van der Waals surface area contributed by atoms with Gasteiger partial charge in [-0.15, -0.1) is 0 Å². The molecular weight excluding hydrogens is 398 g/mol. The van der Waals surface area contributed by atoms with Gasteiger partial charge in [-0.3, -0.25) is 14.9 Å². The Morgan fingerprint density at radius 3 is 2.97 bits per heavy atom. The maximum Gasteiger partial charge on any atom is 0.252 e. The molecule has 2 aliphatic rings. The van der Waals surface area contributed by atoms with Crippen LogP contribution in [0, 0.1) is 0 Å². The minimum Gasteiger partial charge on any atom is -0.454 e. The van der Waals surface area contributed by atoms with Gasteiger partial charge in [-0.25, -0.2) is 10.4 Å². The first-order valence-corrected chi connectivity index (χ1v) is 9.08. The van der Waals surface area contributed by atoms with E-state index in [-0.39, 0.29) is 31.0 Å². The fourth-order valence-corrected chi connectivity index (χ4v) is 2.93. The first kappa shape index (κ1) is 18.8. The van der Waals surface area contributed by atoms with Crippen LogP contribution in [0.2, 0.25) is 5.02 Å². The van der Waals surface area contributed by atoms with Crippen molar-refractivity contribution in [3.63, 3.8) is 0 Å². The molecule has 148 valence electrons. The van der Waals surface area contributed by atoms with Crippen LogP contribution in [-0.2, 0) is 9.59 Å². The van der Waals surface area contributed by atoms with Crippen molar-refractivity contribution in [2.24, 2.45) is 10.1 Å². The van der Waals surface area contributed by atoms with E-state index in [4.69, 9.17) is 21.1 Å². The van der Waals surface area contributed by atoms with Crippen LogP contribution in [0.4, 0.5) is 5.69 Å². The van der Waals surface area contributed by atoms with E-state index in [2.05, 4.69) is 26.2 Å². The minimum atomic E-state index is -0.845. The summed E-state index contributed by atoms with van der Waals surface area (Å²) in [6.07, 6.45) is 1.40. The molecule has 0 saturated heterocycles. The summed E-state index contributed by atoms with van der Waals surface area (Å²) in [6, 6.07) is 11.4. The summed E-state index contributed by atoms with van der Waals surface area (Å²) >= 11 is 6.04. The van der Waals surface area contributed by atoms with E-state index >= 15 is 0 Å². The van der Waals surface area contributed by atoms with Crippen LogP contribution < -0.4 is 25.5 Å². The number of halogens is 1. The van der Waals surface area contributed by atoms with Crippen molar-refractivity contribution >= 4 is 41.3 Å². The van der Waals surface area contributed by atoms with Gasteiger partial charge in [0, 0.05) is 22.3 Å². The predicted molar refractivity (Wildman–Crippen MR) is 107 cm³/mol. The Morgan fingerprint density at radius 1 is 1.28 bits per heavy atom. The van der Waals surface area contributed by atoms with E-state index in [1.165, 1.54) is 6.21 Å². The third kappa shape index (κ3) is 4.46. The average Bonchev–Trinajstić information content (AvgIpc) is 3.29. The number of anilines is 1. The van der Waals surface area contributed by atoms with Gasteiger partial charge in [0.05, 0.1) is 12.6 Å². The van der Waals surface area contributed by atoms with E-state index in [0.29, 0.717) is 27.8 Å². The Bertz CT molecular complexity index is 1020. The summed E-state index contributed by atoms with van der Waals surface area (Å²) < 4.78 is 10.5. The van der Waals surface area contributed by atoms with Crippen LogP contribution in [0.25, 0.3) is 0 Å². The Labute approximate surface area is 170 Å². The van der Waals surface area contributed by atoms with Crippen LogP contribution in [0.5, 0.6) is 11.5 Å². The number of hydrogen-bond acceptors (Lipinski definition) is 7. The minimum absolute atomic E-state index is 0.111. The number of nitrogens with zero attached hydrogens (tertiary/aromatic N) is 2. The quantitative estimate of drug-likeness (QED) is 0.511. The lowest BCUT2D eigenvalue weighted by molar-refractivity contribution is -0.123. The van der Waals surface area contributed by atoms with Gasteiger partial charge in [-0.2, -0.15) is 5.10 Å². The van der Waals surface area contributed by atoms with Crippen molar-refractivity contribution < 1.29 is 19.1 Å². The number of carbonyl (C=O) groups excluding carboxylic acids is 2. The summed E-state index contributed by atoms with van der Waals surface area (Å²) in [6.45, 7) is 0.151. The molecule has 29 heavy (non-hydrogen) atoms. The molecule has 3 N–H and O–H groups in total. The zero-order valence-corrected chi connectivity index (χ0v) is 15.8. The monoisotopic (exact) mass is 413 g/mol. The SMILES string of the molecule is O=C(C[C@H]1N=C(N/N=C\c2ccccc2Cl)NC1=O)Nc1ccc2c(c1)OCO2. The van der Waals surface area contributed by atoms with Crippen molar-refractivity contribution in [3.8, 4) is 11.5 Å². The van der Waals surface area contributed by atoms with E-state index in [9.17, 15) is 9.59 Å². The number of rotatable bonds is 5. The van der Waals surface area contributed by atoms with Gasteiger partial charge in [0.2, 0.25) is 18.7 Å². The number of ether oxygens (including phenoxy) is 2. The zero-order chi connectivity index (χ0) is 20.2. The highest BCUT2D eigenvalue weighted by Crippen LogP contribution is 2.34. The Balaban J connectivity index is 1.32. The first-order valence-electron chi connectivity index (χ1n) is 8.70. The third-order valence-corrected chi connectivity index (χ3v) is 4.49. The normalized spacial score (nSPS) is 17.2. The molecule has 0 radical (unpaired) electrons. The molecule has 10 heteroatoms. The molecule has 2 aliphatic heterocycles. The molecular formula is C19H16ClN5O4. The molecule has 4 rings (SSSR count). The predicted octanol–water partition coefficient (Wildman–Crippen LogP) is 1.88. The van der Waals surface area contributed by atoms with Crippen molar-refractivity contribution in [1.82, 2.24) is 10.7 Å². The number of aliphatic imine (C=N–C) groups is 1. The second-order valence-electron chi connectivity index (χ2n) is 6.19. The third-order valence-electron chi connectivity index (χ3n) is 4.14. The number of hydrazone groups is 1. The highest BCUT2D eigenvalue weighted by atomic mass is 35.5. The van der Waals surface area contributed by atoms with Crippen molar-refractivity contribution in [3.05, 3.63) is 53.1 Å². The van der Waals surface area contributed by atoms with Crippen LogP contribution in [0.3, 0.4) is 0 Å². The van der Waals surface area contributed by atoms with Crippen LogP contribution in [-0.4, -0.2) is 36.8 Å². The molecule has 0 saturated carbocycles. The summed E-state index contributed by atoms with van der Waals surface area (Å²) in [7, 11) is 0. The van der Waals surface area contributed by atoms with Gasteiger partial charge in [0.25, 0.3) is 5.91 Å². The number of benzene rings is 2. The number of fused-ring (bicyclic) bond motifs is 1. The van der Waals surface area contributed by atoms with Gasteiger partial charge >= 0.3 is 0 Å². The summed E-state index contributed by atoms with van der Waals surface area (Å²) in [5, 5.41) is 9.81. The van der Waals surface area contributed by atoms with Gasteiger partial charge in [-0.1, -0.05) is 29.8 Å². The topological polar surface area (TPSA) is 113 Å². The highest BCUT2D eigenvalue weighted by molar-refractivity contribution is 6.33. The summed E-state index contributed by atoms with van der Waals surface area (Å²) in [5.41, 5.74) is 3.90. The molecule has 2 aromatic carbocycles. The highest BCUT2D eigenvalue weighted by Gasteiger charge is 2.28. The average molecular weight is 414 g/mol. The van der Waals surface area contributed by atoms with Gasteiger partial charge < -0.3 is 14.8 Å². The molecule has 1 atom stereocenters. The van der Waals surface area contributed by atoms with Gasteiger partial charge in [-0.05, 0) is 18.2 Å². The van der Waals surface area contributed by atoms with Crippen molar-refractivity contribution in [2.75, 3.05) is 12.1 Å². The first-order chi connectivity index (χ1) is 14.1.